The fourth-order valence-electron chi connectivity index (χ4n) is 6.35. The van der Waals surface area contributed by atoms with E-state index < -0.39 is 5.54 Å². The van der Waals surface area contributed by atoms with Gasteiger partial charge in [0.25, 0.3) is 5.91 Å². The number of hydrogen-bond donors (Lipinski definition) is 1. The SMILES string of the molecule is COC1CCC2(CC1)Cc1ccc(C#CC3CC3)cc1C21NC(=S)N(C2CCC2)C1=O. The fraction of sp³-hybridized carbons (Fsp3) is 0.615. The number of hydrogen-bond acceptors (Lipinski definition) is 3. The zero-order chi connectivity index (χ0) is 21.2. The lowest BCUT2D eigenvalue weighted by molar-refractivity contribution is -0.141. The first-order valence-corrected chi connectivity index (χ1v) is 12.3. The summed E-state index contributed by atoms with van der Waals surface area (Å²) in [6.07, 6.45) is 10.9. The molecule has 1 atom stereocenters. The van der Waals surface area contributed by atoms with Crippen LogP contribution in [0.25, 0.3) is 0 Å². The molecular weight excluding hydrogens is 404 g/mol. The number of carbonyl (C=O) groups excluding carboxylic acids is 1. The minimum atomic E-state index is -0.745. The number of nitrogens with one attached hydrogen (secondary N) is 1. The third-order valence-electron chi connectivity index (χ3n) is 8.55. The van der Waals surface area contributed by atoms with E-state index in [1.807, 2.05) is 4.90 Å². The zero-order valence-electron chi connectivity index (χ0n) is 18.2. The van der Waals surface area contributed by atoms with Gasteiger partial charge in [-0.2, -0.15) is 0 Å². The van der Waals surface area contributed by atoms with Gasteiger partial charge in [-0.1, -0.05) is 17.9 Å². The van der Waals surface area contributed by atoms with E-state index in [0.29, 0.717) is 11.0 Å². The number of ether oxygens (including phenoxy) is 1. The lowest BCUT2D eigenvalue weighted by Crippen LogP contribution is -2.57. The van der Waals surface area contributed by atoms with Crippen LogP contribution in [0.15, 0.2) is 18.2 Å². The summed E-state index contributed by atoms with van der Waals surface area (Å²) in [5, 5.41) is 4.28. The van der Waals surface area contributed by atoms with Crippen molar-refractivity contribution in [1.82, 2.24) is 10.2 Å². The van der Waals surface area contributed by atoms with Gasteiger partial charge in [0.1, 0.15) is 0 Å². The van der Waals surface area contributed by atoms with Crippen molar-refractivity contribution in [3.63, 3.8) is 0 Å². The van der Waals surface area contributed by atoms with Crippen molar-refractivity contribution in [3.8, 4) is 11.8 Å². The predicted molar refractivity (Wildman–Crippen MR) is 123 cm³/mol. The lowest BCUT2D eigenvalue weighted by atomic mass is 9.61. The van der Waals surface area contributed by atoms with Crippen molar-refractivity contribution in [3.05, 3.63) is 34.9 Å². The number of thiocarbonyl (C=S) groups is 1. The van der Waals surface area contributed by atoms with Crippen molar-refractivity contribution in [1.29, 1.82) is 0 Å². The lowest BCUT2D eigenvalue weighted by Gasteiger charge is -2.47. The van der Waals surface area contributed by atoms with Crippen LogP contribution >= 0.6 is 12.2 Å². The van der Waals surface area contributed by atoms with Gasteiger partial charge in [-0.05, 0) is 99.7 Å². The van der Waals surface area contributed by atoms with Crippen LogP contribution in [-0.2, 0) is 21.5 Å². The van der Waals surface area contributed by atoms with Gasteiger partial charge in [-0.3, -0.25) is 9.69 Å². The van der Waals surface area contributed by atoms with Crippen molar-refractivity contribution in [2.45, 2.75) is 81.9 Å². The van der Waals surface area contributed by atoms with Crippen LogP contribution in [0.4, 0.5) is 0 Å². The van der Waals surface area contributed by atoms with Gasteiger partial charge in [0.2, 0.25) is 0 Å². The average molecular weight is 435 g/mol. The second-order valence-electron chi connectivity index (χ2n) is 10.2. The molecule has 1 heterocycles. The molecule has 162 valence electrons. The van der Waals surface area contributed by atoms with E-state index in [4.69, 9.17) is 17.0 Å². The molecule has 0 bridgehead atoms. The zero-order valence-corrected chi connectivity index (χ0v) is 19.0. The number of benzene rings is 1. The van der Waals surface area contributed by atoms with E-state index in [-0.39, 0.29) is 23.5 Å². The Morgan fingerprint density at radius 1 is 1.16 bits per heavy atom. The summed E-state index contributed by atoms with van der Waals surface area (Å²) in [7, 11) is 1.80. The summed E-state index contributed by atoms with van der Waals surface area (Å²) < 4.78 is 5.68. The third kappa shape index (κ3) is 2.84. The van der Waals surface area contributed by atoms with E-state index in [1.165, 1.54) is 24.8 Å². The molecule has 6 rings (SSSR count). The molecule has 5 heteroatoms. The number of methoxy groups -OCH3 is 1. The molecule has 1 N–H and O–H groups in total. The van der Waals surface area contributed by atoms with Gasteiger partial charge in [0.05, 0.1) is 6.10 Å². The van der Waals surface area contributed by atoms with Gasteiger partial charge in [-0.15, -0.1) is 0 Å². The maximum atomic E-state index is 14.3. The Hall–Kier alpha value is -1.90. The quantitative estimate of drug-likeness (QED) is 0.563. The summed E-state index contributed by atoms with van der Waals surface area (Å²) in [6.45, 7) is 0. The first-order chi connectivity index (χ1) is 15.1. The Bertz CT molecular complexity index is 1010. The maximum Gasteiger partial charge on any atom is 0.260 e. The highest BCUT2D eigenvalue weighted by atomic mass is 32.1. The standard InChI is InChI=1S/C26H30N2O2S/c1-30-21-11-13-25(14-12-21)16-19-10-9-18(8-7-17-5-6-17)15-22(19)26(25)23(29)28(24(31)27-26)20-3-2-4-20/h9-10,15,17,20-21H,2-6,11-14,16H2,1H3,(H,27,31). The fourth-order valence-corrected chi connectivity index (χ4v) is 6.74. The van der Waals surface area contributed by atoms with E-state index in [1.54, 1.807) is 7.11 Å². The molecule has 4 nitrogen and oxygen atoms in total. The van der Waals surface area contributed by atoms with Crippen molar-refractivity contribution in [2.75, 3.05) is 7.11 Å². The predicted octanol–water partition coefficient (Wildman–Crippen LogP) is 4.04. The van der Waals surface area contributed by atoms with E-state index in [9.17, 15) is 4.79 Å². The van der Waals surface area contributed by atoms with Crippen LogP contribution in [0, 0.1) is 23.2 Å². The highest BCUT2D eigenvalue weighted by Crippen LogP contribution is 2.60. The molecule has 1 amide bonds. The molecule has 4 fully saturated rings. The van der Waals surface area contributed by atoms with Crippen LogP contribution < -0.4 is 5.32 Å². The third-order valence-corrected chi connectivity index (χ3v) is 8.85. The first-order valence-electron chi connectivity index (χ1n) is 11.9. The van der Waals surface area contributed by atoms with Gasteiger partial charge in [0.15, 0.2) is 10.7 Å². The Morgan fingerprint density at radius 2 is 1.94 bits per heavy atom. The maximum absolute atomic E-state index is 14.3. The second-order valence-corrected chi connectivity index (χ2v) is 10.6. The Morgan fingerprint density at radius 3 is 2.58 bits per heavy atom. The smallest absolute Gasteiger partial charge is 0.260 e. The Kier molecular flexibility index (Phi) is 4.49. The molecule has 31 heavy (non-hydrogen) atoms. The number of fused-ring (bicyclic) bond motifs is 3. The summed E-state index contributed by atoms with van der Waals surface area (Å²) in [4.78, 5) is 16.2. The monoisotopic (exact) mass is 434 g/mol. The van der Waals surface area contributed by atoms with E-state index >= 15 is 0 Å². The summed E-state index contributed by atoms with van der Waals surface area (Å²) in [5.74, 6) is 7.51. The van der Waals surface area contributed by atoms with Crippen LogP contribution in [-0.4, -0.2) is 35.2 Å². The minimum absolute atomic E-state index is 0.146. The Labute approximate surface area is 190 Å². The van der Waals surface area contributed by atoms with Crippen molar-refractivity contribution < 1.29 is 9.53 Å². The molecule has 0 aromatic heterocycles. The van der Waals surface area contributed by atoms with Gasteiger partial charge >= 0.3 is 0 Å². The minimum Gasteiger partial charge on any atom is -0.381 e. The molecule has 3 saturated carbocycles. The van der Waals surface area contributed by atoms with Crippen LogP contribution in [0.3, 0.4) is 0 Å². The number of amides is 1. The molecule has 4 aliphatic carbocycles. The summed E-state index contributed by atoms with van der Waals surface area (Å²) in [6, 6.07) is 6.82. The summed E-state index contributed by atoms with van der Waals surface area (Å²) in [5.41, 5.74) is 2.54. The molecule has 1 aliphatic heterocycles. The summed E-state index contributed by atoms with van der Waals surface area (Å²) >= 11 is 5.80. The normalized spacial score (nSPS) is 34.5. The number of carbonyl (C=O) groups is 1. The van der Waals surface area contributed by atoms with E-state index in [0.717, 1.165) is 56.1 Å². The second kappa shape index (κ2) is 7.05. The van der Waals surface area contributed by atoms with Gasteiger partial charge < -0.3 is 10.1 Å². The van der Waals surface area contributed by atoms with Crippen molar-refractivity contribution in [2.24, 2.45) is 11.3 Å². The number of nitrogens with zero attached hydrogens (tertiary/aromatic N) is 1. The van der Waals surface area contributed by atoms with Crippen LogP contribution in [0.1, 0.15) is 74.5 Å². The highest BCUT2D eigenvalue weighted by Gasteiger charge is 2.68. The van der Waals surface area contributed by atoms with E-state index in [2.05, 4.69) is 35.4 Å². The molecule has 2 spiro atoms. The molecule has 1 aromatic carbocycles. The molecular formula is C26H30N2O2S. The van der Waals surface area contributed by atoms with Crippen LogP contribution in [0.5, 0.6) is 0 Å². The largest absolute Gasteiger partial charge is 0.381 e. The average Bonchev–Trinajstić information content (AvgIpc) is 3.49. The molecule has 0 radical (unpaired) electrons. The van der Waals surface area contributed by atoms with Crippen LogP contribution in [0.2, 0.25) is 0 Å². The molecule has 1 unspecified atom stereocenters. The first kappa shape index (κ1) is 19.8. The highest BCUT2D eigenvalue weighted by molar-refractivity contribution is 7.80. The van der Waals surface area contributed by atoms with Gasteiger partial charge in [-0.25, -0.2) is 0 Å². The molecule has 1 saturated heterocycles. The Balaban J connectivity index is 1.45. The number of rotatable bonds is 2. The van der Waals surface area contributed by atoms with Crippen molar-refractivity contribution >= 4 is 23.2 Å². The molecule has 1 aromatic rings. The molecule has 5 aliphatic rings. The van der Waals surface area contributed by atoms with Gasteiger partial charge in [0, 0.05) is 30.0 Å². The topological polar surface area (TPSA) is 41.6 Å².